The molecular weight excluding hydrogens is 262 g/mol. The molecule has 0 saturated carbocycles. The molecule has 0 aliphatic heterocycles. The van der Waals surface area contributed by atoms with Gasteiger partial charge in [-0.05, 0) is 40.2 Å². The van der Waals surface area contributed by atoms with Crippen LogP contribution < -0.4 is 0 Å². The summed E-state index contributed by atoms with van der Waals surface area (Å²) in [6.07, 6.45) is 1.71. The van der Waals surface area contributed by atoms with Crippen LogP contribution in [0.15, 0.2) is 39.5 Å². The van der Waals surface area contributed by atoms with E-state index in [-0.39, 0.29) is 5.69 Å². The van der Waals surface area contributed by atoms with Crippen LogP contribution in [0.3, 0.4) is 0 Å². The number of aromatic carboxylic acids is 1. The molecule has 2 aromatic heterocycles. The first-order valence-corrected chi connectivity index (χ1v) is 5.09. The molecule has 4 nitrogen and oxygen atoms in total. The second-order valence-electron chi connectivity index (χ2n) is 3.03. The van der Waals surface area contributed by atoms with Crippen LogP contribution in [0.2, 0.25) is 0 Å². The van der Waals surface area contributed by atoms with Gasteiger partial charge in [-0.3, -0.25) is 0 Å². The standard InChI is InChI=1S/C10H8BrNO3/c11-9-4-3-7(15-9)6-12-5-1-2-8(12)10(13)14/h1-5H,6H2,(H,13,14). The number of carboxylic acids is 1. The number of carbonyl (C=O) groups is 1. The van der Waals surface area contributed by atoms with Gasteiger partial charge >= 0.3 is 5.97 Å². The number of nitrogens with zero attached hydrogens (tertiary/aromatic N) is 1. The predicted molar refractivity (Wildman–Crippen MR) is 56.9 cm³/mol. The molecule has 2 rings (SSSR count). The van der Waals surface area contributed by atoms with E-state index < -0.39 is 5.97 Å². The number of rotatable bonds is 3. The highest BCUT2D eigenvalue weighted by Gasteiger charge is 2.09. The average molecular weight is 270 g/mol. The third-order valence-corrected chi connectivity index (χ3v) is 2.43. The van der Waals surface area contributed by atoms with Crippen LogP contribution in [0, 0.1) is 0 Å². The van der Waals surface area contributed by atoms with Crippen molar-refractivity contribution in [3.05, 3.63) is 46.6 Å². The van der Waals surface area contributed by atoms with Gasteiger partial charge in [0.05, 0.1) is 6.54 Å². The van der Waals surface area contributed by atoms with Crippen LogP contribution in [-0.4, -0.2) is 15.6 Å². The third-order valence-electron chi connectivity index (χ3n) is 2.00. The lowest BCUT2D eigenvalue weighted by molar-refractivity contribution is 0.0685. The Morgan fingerprint density at radius 3 is 2.87 bits per heavy atom. The van der Waals surface area contributed by atoms with Crippen LogP contribution in [0.1, 0.15) is 16.2 Å². The molecule has 0 fully saturated rings. The van der Waals surface area contributed by atoms with E-state index in [4.69, 9.17) is 9.52 Å². The molecule has 0 aliphatic carbocycles. The zero-order valence-corrected chi connectivity index (χ0v) is 9.27. The van der Waals surface area contributed by atoms with Gasteiger partial charge in [0.1, 0.15) is 11.5 Å². The first-order chi connectivity index (χ1) is 7.16. The summed E-state index contributed by atoms with van der Waals surface area (Å²) in [6, 6.07) is 6.83. The van der Waals surface area contributed by atoms with Crippen molar-refractivity contribution in [1.82, 2.24) is 4.57 Å². The third kappa shape index (κ3) is 2.12. The second kappa shape index (κ2) is 3.94. The maximum Gasteiger partial charge on any atom is 0.352 e. The van der Waals surface area contributed by atoms with Crippen molar-refractivity contribution in [3.63, 3.8) is 0 Å². The van der Waals surface area contributed by atoms with E-state index in [0.29, 0.717) is 17.0 Å². The van der Waals surface area contributed by atoms with Gasteiger partial charge in [0.25, 0.3) is 0 Å². The van der Waals surface area contributed by atoms with Gasteiger partial charge in [0.15, 0.2) is 4.67 Å². The average Bonchev–Trinajstić information content (AvgIpc) is 2.75. The SMILES string of the molecule is O=C(O)c1cccn1Cc1ccc(Br)o1. The molecule has 0 bridgehead atoms. The van der Waals surface area contributed by atoms with Gasteiger partial charge in [-0.15, -0.1) is 0 Å². The first kappa shape index (κ1) is 10.0. The minimum Gasteiger partial charge on any atom is -0.477 e. The summed E-state index contributed by atoms with van der Waals surface area (Å²) in [6.45, 7) is 0.417. The summed E-state index contributed by atoms with van der Waals surface area (Å²) in [5, 5.41) is 8.88. The van der Waals surface area contributed by atoms with E-state index in [2.05, 4.69) is 15.9 Å². The molecule has 0 aliphatic rings. The zero-order chi connectivity index (χ0) is 10.8. The Bertz CT molecular complexity index is 486. The summed E-state index contributed by atoms with van der Waals surface area (Å²) < 4.78 is 7.55. The Kier molecular flexibility index (Phi) is 2.64. The number of halogens is 1. The number of furan rings is 1. The number of hydrogen-bond acceptors (Lipinski definition) is 2. The molecule has 78 valence electrons. The van der Waals surface area contributed by atoms with Crippen molar-refractivity contribution in [2.75, 3.05) is 0 Å². The second-order valence-corrected chi connectivity index (χ2v) is 3.81. The highest BCUT2D eigenvalue weighted by molar-refractivity contribution is 9.10. The first-order valence-electron chi connectivity index (χ1n) is 4.29. The van der Waals surface area contributed by atoms with E-state index in [9.17, 15) is 4.79 Å². The molecule has 0 amide bonds. The molecule has 0 radical (unpaired) electrons. The fourth-order valence-corrected chi connectivity index (χ4v) is 1.69. The maximum absolute atomic E-state index is 10.8. The van der Waals surface area contributed by atoms with Gasteiger partial charge in [0, 0.05) is 6.20 Å². The van der Waals surface area contributed by atoms with E-state index in [1.807, 2.05) is 0 Å². The minimum atomic E-state index is -0.939. The van der Waals surface area contributed by atoms with Gasteiger partial charge in [-0.2, -0.15) is 0 Å². The van der Waals surface area contributed by atoms with Crippen LogP contribution in [-0.2, 0) is 6.54 Å². The molecular formula is C10H8BrNO3. The molecule has 15 heavy (non-hydrogen) atoms. The molecule has 2 heterocycles. The van der Waals surface area contributed by atoms with Crippen molar-refractivity contribution < 1.29 is 14.3 Å². The Balaban J connectivity index is 2.24. The van der Waals surface area contributed by atoms with Gasteiger partial charge < -0.3 is 14.1 Å². The Morgan fingerprint density at radius 1 is 1.47 bits per heavy atom. The smallest absolute Gasteiger partial charge is 0.352 e. The lowest BCUT2D eigenvalue weighted by atomic mass is 10.4. The van der Waals surface area contributed by atoms with Gasteiger partial charge in [0.2, 0.25) is 0 Å². The van der Waals surface area contributed by atoms with Crippen LogP contribution in [0.5, 0.6) is 0 Å². The molecule has 0 aromatic carbocycles. The van der Waals surface area contributed by atoms with Gasteiger partial charge in [-0.1, -0.05) is 0 Å². The molecule has 0 spiro atoms. The summed E-state index contributed by atoms with van der Waals surface area (Å²) >= 11 is 3.19. The maximum atomic E-state index is 10.8. The Morgan fingerprint density at radius 2 is 2.27 bits per heavy atom. The summed E-state index contributed by atoms with van der Waals surface area (Å²) in [7, 11) is 0. The van der Waals surface area contributed by atoms with E-state index in [0.717, 1.165) is 0 Å². The van der Waals surface area contributed by atoms with E-state index in [1.54, 1.807) is 35.0 Å². The Hall–Kier alpha value is -1.49. The van der Waals surface area contributed by atoms with Crippen LogP contribution in [0.4, 0.5) is 0 Å². The highest BCUT2D eigenvalue weighted by Crippen LogP contribution is 2.16. The molecule has 5 heteroatoms. The highest BCUT2D eigenvalue weighted by atomic mass is 79.9. The van der Waals surface area contributed by atoms with Crippen molar-refractivity contribution in [1.29, 1.82) is 0 Å². The minimum absolute atomic E-state index is 0.252. The number of carboxylic acid groups (broad SMARTS) is 1. The molecule has 0 unspecified atom stereocenters. The van der Waals surface area contributed by atoms with E-state index >= 15 is 0 Å². The summed E-state index contributed by atoms with van der Waals surface area (Å²) in [4.78, 5) is 10.8. The number of aromatic nitrogens is 1. The lowest BCUT2D eigenvalue weighted by Gasteiger charge is -2.02. The fourth-order valence-electron chi connectivity index (χ4n) is 1.35. The van der Waals surface area contributed by atoms with E-state index in [1.165, 1.54) is 0 Å². The van der Waals surface area contributed by atoms with Crippen molar-refractivity contribution in [2.24, 2.45) is 0 Å². The van der Waals surface area contributed by atoms with Gasteiger partial charge in [-0.25, -0.2) is 4.79 Å². The van der Waals surface area contributed by atoms with Crippen molar-refractivity contribution in [2.45, 2.75) is 6.54 Å². The zero-order valence-electron chi connectivity index (χ0n) is 7.68. The summed E-state index contributed by atoms with van der Waals surface area (Å²) in [5.74, 6) is -0.230. The van der Waals surface area contributed by atoms with Crippen molar-refractivity contribution in [3.8, 4) is 0 Å². The van der Waals surface area contributed by atoms with Crippen LogP contribution in [0.25, 0.3) is 0 Å². The quantitative estimate of drug-likeness (QED) is 0.932. The fraction of sp³-hybridized carbons (Fsp3) is 0.100. The predicted octanol–water partition coefficient (Wildman–Crippen LogP) is 2.59. The molecule has 0 atom stereocenters. The Labute approximate surface area is 94.3 Å². The molecule has 1 N–H and O–H groups in total. The van der Waals surface area contributed by atoms with Crippen LogP contribution >= 0.6 is 15.9 Å². The van der Waals surface area contributed by atoms with Crippen molar-refractivity contribution >= 4 is 21.9 Å². The molecule has 0 saturated heterocycles. The molecule has 2 aromatic rings. The number of hydrogen-bond donors (Lipinski definition) is 1. The normalized spacial score (nSPS) is 10.5. The largest absolute Gasteiger partial charge is 0.477 e. The summed E-state index contributed by atoms with van der Waals surface area (Å²) in [5.41, 5.74) is 0.252. The monoisotopic (exact) mass is 269 g/mol. The topological polar surface area (TPSA) is 55.4 Å². The lowest BCUT2D eigenvalue weighted by Crippen LogP contribution is -2.07.